The zero-order chi connectivity index (χ0) is 10.1. The lowest BCUT2D eigenvalue weighted by molar-refractivity contribution is -0.117. The first-order valence-corrected chi connectivity index (χ1v) is 4.65. The van der Waals surface area contributed by atoms with Crippen LogP contribution in [0.3, 0.4) is 0 Å². The molecule has 2 rings (SSSR count). The predicted octanol–water partition coefficient (Wildman–Crippen LogP) is 0.833. The van der Waals surface area contributed by atoms with E-state index >= 15 is 0 Å². The second kappa shape index (κ2) is 3.55. The van der Waals surface area contributed by atoms with Crippen LogP contribution in [0.4, 0.5) is 5.69 Å². The van der Waals surface area contributed by atoms with Crippen LogP contribution in [0, 0.1) is 0 Å². The summed E-state index contributed by atoms with van der Waals surface area (Å²) in [4.78, 5) is 16.7. The van der Waals surface area contributed by atoms with Crippen molar-refractivity contribution in [3.8, 4) is 0 Å². The van der Waals surface area contributed by atoms with Gasteiger partial charge >= 0.3 is 0 Å². The quantitative estimate of drug-likeness (QED) is 0.702. The Morgan fingerprint density at radius 2 is 2.43 bits per heavy atom. The summed E-state index contributed by atoms with van der Waals surface area (Å²) in [7, 11) is 0. The summed E-state index contributed by atoms with van der Waals surface area (Å²) in [6.07, 6.45) is 1.12. The molecular formula is C9H9ClN2O2. The van der Waals surface area contributed by atoms with Gasteiger partial charge in [0.05, 0.1) is 24.8 Å². The van der Waals surface area contributed by atoms with Crippen LogP contribution in [-0.4, -0.2) is 28.6 Å². The van der Waals surface area contributed by atoms with Crippen molar-refractivity contribution < 1.29 is 9.90 Å². The number of hydrogen-bond donors (Lipinski definition) is 1. The van der Waals surface area contributed by atoms with Crippen molar-refractivity contribution in [1.82, 2.24) is 4.98 Å². The second-order valence-electron chi connectivity index (χ2n) is 3.18. The van der Waals surface area contributed by atoms with Crippen molar-refractivity contribution >= 4 is 23.2 Å². The van der Waals surface area contributed by atoms with E-state index in [9.17, 15) is 9.90 Å². The molecule has 1 saturated heterocycles. The third-order valence-corrected chi connectivity index (χ3v) is 2.43. The summed E-state index contributed by atoms with van der Waals surface area (Å²) in [5, 5.41) is 9.58. The molecule has 1 N–H and O–H groups in total. The van der Waals surface area contributed by atoms with Crippen LogP contribution in [0.25, 0.3) is 0 Å². The minimum Gasteiger partial charge on any atom is -0.391 e. The van der Waals surface area contributed by atoms with Crippen LogP contribution in [0.15, 0.2) is 18.3 Å². The molecule has 1 aliphatic rings. The van der Waals surface area contributed by atoms with Gasteiger partial charge in [-0.1, -0.05) is 11.6 Å². The highest BCUT2D eigenvalue weighted by Gasteiger charge is 2.30. The maximum Gasteiger partial charge on any atom is 0.229 e. The number of pyridine rings is 1. The second-order valence-corrected chi connectivity index (χ2v) is 3.53. The van der Waals surface area contributed by atoms with E-state index in [1.54, 1.807) is 18.3 Å². The number of aliphatic hydroxyl groups excluding tert-OH is 1. The maximum absolute atomic E-state index is 11.4. The number of rotatable bonds is 1. The molecule has 0 spiro atoms. The number of nitrogens with zero attached hydrogens (tertiary/aromatic N) is 2. The first-order chi connectivity index (χ1) is 6.68. The standard InChI is InChI=1S/C9H9ClN2O2/c10-9-7(2-1-3-11-9)12-5-6(13)4-8(12)14/h1-3,6,13H,4-5H2. The Bertz CT molecular complexity index is 370. The van der Waals surface area contributed by atoms with Crippen LogP contribution < -0.4 is 4.90 Å². The lowest BCUT2D eigenvalue weighted by atomic mass is 10.3. The highest BCUT2D eigenvalue weighted by atomic mass is 35.5. The molecule has 0 bridgehead atoms. The number of aromatic nitrogens is 1. The number of carbonyl (C=O) groups excluding carboxylic acids is 1. The van der Waals surface area contributed by atoms with E-state index in [1.165, 1.54) is 4.90 Å². The SMILES string of the molecule is O=C1CC(O)CN1c1cccnc1Cl. The smallest absolute Gasteiger partial charge is 0.229 e. The summed E-state index contributed by atoms with van der Waals surface area (Å²) in [5.41, 5.74) is 0.565. The Labute approximate surface area is 86.1 Å². The van der Waals surface area contributed by atoms with E-state index in [0.29, 0.717) is 12.2 Å². The zero-order valence-corrected chi connectivity index (χ0v) is 8.11. The fourth-order valence-electron chi connectivity index (χ4n) is 1.50. The molecular weight excluding hydrogens is 204 g/mol. The molecule has 5 heteroatoms. The number of hydrogen-bond acceptors (Lipinski definition) is 3. The van der Waals surface area contributed by atoms with E-state index in [-0.39, 0.29) is 17.5 Å². The van der Waals surface area contributed by atoms with Gasteiger partial charge in [-0.05, 0) is 12.1 Å². The predicted molar refractivity (Wildman–Crippen MR) is 52.2 cm³/mol. The van der Waals surface area contributed by atoms with E-state index in [0.717, 1.165) is 0 Å². The monoisotopic (exact) mass is 212 g/mol. The fourth-order valence-corrected chi connectivity index (χ4v) is 1.72. The molecule has 1 aromatic heterocycles. The van der Waals surface area contributed by atoms with E-state index in [1.807, 2.05) is 0 Å². The van der Waals surface area contributed by atoms with Crippen LogP contribution >= 0.6 is 11.6 Å². The molecule has 1 atom stereocenters. The van der Waals surface area contributed by atoms with Gasteiger partial charge in [-0.25, -0.2) is 4.98 Å². The third-order valence-electron chi connectivity index (χ3n) is 2.13. The zero-order valence-electron chi connectivity index (χ0n) is 7.35. The molecule has 14 heavy (non-hydrogen) atoms. The topological polar surface area (TPSA) is 53.4 Å². The van der Waals surface area contributed by atoms with Crippen molar-refractivity contribution in [3.05, 3.63) is 23.5 Å². The van der Waals surface area contributed by atoms with Gasteiger partial charge in [0.15, 0.2) is 5.15 Å². The van der Waals surface area contributed by atoms with Crippen molar-refractivity contribution in [2.45, 2.75) is 12.5 Å². The van der Waals surface area contributed by atoms with Crippen LogP contribution in [0.5, 0.6) is 0 Å². The highest BCUT2D eigenvalue weighted by molar-refractivity contribution is 6.32. The lowest BCUT2D eigenvalue weighted by Crippen LogP contribution is -2.25. The molecule has 2 heterocycles. The summed E-state index contributed by atoms with van der Waals surface area (Å²) in [5.74, 6) is -0.118. The summed E-state index contributed by atoms with van der Waals surface area (Å²) in [6.45, 7) is 0.296. The van der Waals surface area contributed by atoms with Crippen molar-refractivity contribution in [1.29, 1.82) is 0 Å². The largest absolute Gasteiger partial charge is 0.391 e. The lowest BCUT2D eigenvalue weighted by Gasteiger charge is -2.16. The Morgan fingerprint density at radius 1 is 1.64 bits per heavy atom. The molecule has 1 amide bonds. The van der Waals surface area contributed by atoms with Gasteiger partial charge in [0, 0.05) is 6.20 Å². The number of β-amino-alcohol motifs (C(OH)–C–C–N with tert-alkyl or cyclic N) is 1. The van der Waals surface area contributed by atoms with Gasteiger partial charge in [-0.2, -0.15) is 0 Å². The molecule has 0 saturated carbocycles. The minimum absolute atomic E-state index is 0.118. The van der Waals surface area contributed by atoms with Gasteiger partial charge in [0.25, 0.3) is 0 Å². The average Bonchev–Trinajstić information content (AvgIpc) is 2.46. The Kier molecular flexibility index (Phi) is 2.39. The average molecular weight is 213 g/mol. The molecule has 1 aliphatic heterocycles. The van der Waals surface area contributed by atoms with Gasteiger partial charge in [0.1, 0.15) is 0 Å². The first kappa shape index (κ1) is 9.43. The van der Waals surface area contributed by atoms with Gasteiger partial charge in [0.2, 0.25) is 5.91 Å². The molecule has 1 fully saturated rings. The number of anilines is 1. The summed E-state index contributed by atoms with van der Waals surface area (Å²) < 4.78 is 0. The molecule has 74 valence electrons. The van der Waals surface area contributed by atoms with Crippen molar-refractivity contribution in [3.63, 3.8) is 0 Å². The van der Waals surface area contributed by atoms with Gasteiger partial charge in [-0.3, -0.25) is 4.79 Å². The maximum atomic E-state index is 11.4. The molecule has 0 radical (unpaired) electrons. The van der Waals surface area contributed by atoms with Crippen LogP contribution in [0.2, 0.25) is 5.15 Å². The fraction of sp³-hybridized carbons (Fsp3) is 0.333. The molecule has 0 aromatic carbocycles. The highest BCUT2D eigenvalue weighted by Crippen LogP contribution is 2.26. The number of halogens is 1. The Balaban J connectivity index is 2.32. The van der Waals surface area contributed by atoms with Crippen molar-refractivity contribution in [2.75, 3.05) is 11.4 Å². The number of amides is 1. The first-order valence-electron chi connectivity index (χ1n) is 4.27. The van der Waals surface area contributed by atoms with E-state index in [2.05, 4.69) is 4.98 Å². The van der Waals surface area contributed by atoms with Crippen molar-refractivity contribution in [2.24, 2.45) is 0 Å². The van der Waals surface area contributed by atoms with E-state index in [4.69, 9.17) is 11.6 Å². The Morgan fingerprint density at radius 3 is 3.00 bits per heavy atom. The summed E-state index contributed by atoms with van der Waals surface area (Å²) in [6, 6.07) is 3.42. The van der Waals surface area contributed by atoms with Gasteiger partial charge < -0.3 is 10.0 Å². The van der Waals surface area contributed by atoms with E-state index < -0.39 is 6.10 Å². The molecule has 1 aromatic rings. The van der Waals surface area contributed by atoms with Crippen LogP contribution in [-0.2, 0) is 4.79 Å². The third kappa shape index (κ3) is 1.58. The molecule has 4 nitrogen and oxygen atoms in total. The molecule has 0 aliphatic carbocycles. The minimum atomic E-state index is -0.598. The molecule has 1 unspecified atom stereocenters. The normalized spacial score (nSPS) is 21.7. The Hall–Kier alpha value is -1.13. The summed E-state index contributed by atoms with van der Waals surface area (Å²) >= 11 is 5.83. The number of carbonyl (C=O) groups is 1. The van der Waals surface area contributed by atoms with Crippen LogP contribution in [0.1, 0.15) is 6.42 Å². The number of aliphatic hydroxyl groups is 1. The van der Waals surface area contributed by atoms with Gasteiger partial charge in [-0.15, -0.1) is 0 Å².